The number of amides is 1. The molecule has 0 unspecified atom stereocenters. The van der Waals surface area contributed by atoms with Crippen molar-refractivity contribution in [3.8, 4) is 0 Å². The summed E-state index contributed by atoms with van der Waals surface area (Å²) in [6.07, 6.45) is 3.25. The highest BCUT2D eigenvalue weighted by Gasteiger charge is 2.51. The van der Waals surface area contributed by atoms with Crippen molar-refractivity contribution in [2.75, 3.05) is 24.8 Å². The number of rotatable bonds is 8. The number of Topliss-reactive ketones (excluding diaryl/α,β-unsaturated/α-hetero) is 1. The van der Waals surface area contributed by atoms with E-state index in [2.05, 4.69) is 0 Å². The summed E-state index contributed by atoms with van der Waals surface area (Å²) < 4.78 is 5.15. The number of carbonyl (C=O) groups is 3. The summed E-state index contributed by atoms with van der Waals surface area (Å²) in [4.78, 5) is 40.5. The number of carbonyl (C=O) groups excluding carboxylic acids is 3. The molecule has 152 valence electrons. The van der Waals surface area contributed by atoms with Gasteiger partial charge in [0.2, 0.25) is 5.91 Å². The Bertz CT molecular complexity index is 922. The summed E-state index contributed by atoms with van der Waals surface area (Å²) in [7, 11) is 1.59. The monoisotopic (exact) mass is 411 g/mol. The minimum Gasteiger partial charge on any atom is -0.462 e. The SMILES string of the molecule is CCOC(=O)c1cc(SC)ccc1N(C)C(=O)CC(=O)C1(c2ccccc2)CC1. The summed E-state index contributed by atoms with van der Waals surface area (Å²) in [5.74, 6) is -0.883. The van der Waals surface area contributed by atoms with E-state index in [0.29, 0.717) is 11.3 Å². The molecular weight excluding hydrogens is 386 g/mol. The Kier molecular flexibility index (Phi) is 6.42. The zero-order valence-corrected chi connectivity index (χ0v) is 17.8. The van der Waals surface area contributed by atoms with E-state index in [-0.39, 0.29) is 24.7 Å². The number of hydrogen-bond donors (Lipinski definition) is 0. The van der Waals surface area contributed by atoms with Crippen molar-refractivity contribution >= 4 is 35.1 Å². The first-order chi connectivity index (χ1) is 13.9. The van der Waals surface area contributed by atoms with Crippen LogP contribution in [0.25, 0.3) is 0 Å². The third-order valence-electron chi connectivity index (χ3n) is 5.36. The van der Waals surface area contributed by atoms with E-state index < -0.39 is 11.4 Å². The molecule has 2 aromatic carbocycles. The van der Waals surface area contributed by atoms with Gasteiger partial charge in [-0.1, -0.05) is 30.3 Å². The van der Waals surface area contributed by atoms with Gasteiger partial charge in [-0.05, 0) is 49.8 Å². The molecule has 0 atom stereocenters. The molecule has 1 amide bonds. The third-order valence-corrected chi connectivity index (χ3v) is 6.08. The van der Waals surface area contributed by atoms with Crippen molar-refractivity contribution in [1.82, 2.24) is 0 Å². The number of thioether (sulfide) groups is 1. The molecule has 1 fully saturated rings. The molecule has 2 aromatic rings. The van der Waals surface area contributed by atoms with E-state index in [0.717, 1.165) is 23.3 Å². The van der Waals surface area contributed by atoms with Gasteiger partial charge in [0.1, 0.15) is 0 Å². The molecule has 1 aliphatic rings. The van der Waals surface area contributed by atoms with Crippen LogP contribution in [-0.4, -0.2) is 37.6 Å². The molecule has 0 radical (unpaired) electrons. The van der Waals surface area contributed by atoms with Crippen LogP contribution >= 0.6 is 11.8 Å². The summed E-state index contributed by atoms with van der Waals surface area (Å²) in [6.45, 7) is 1.99. The van der Waals surface area contributed by atoms with Gasteiger partial charge >= 0.3 is 5.97 Å². The van der Waals surface area contributed by atoms with Crippen LogP contribution < -0.4 is 4.90 Å². The number of anilines is 1. The van der Waals surface area contributed by atoms with E-state index in [9.17, 15) is 14.4 Å². The zero-order chi connectivity index (χ0) is 21.0. The molecule has 0 aromatic heterocycles. The molecule has 0 bridgehead atoms. The van der Waals surface area contributed by atoms with Crippen molar-refractivity contribution in [3.05, 3.63) is 59.7 Å². The molecule has 29 heavy (non-hydrogen) atoms. The fraction of sp³-hybridized carbons (Fsp3) is 0.348. The fourth-order valence-electron chi connectivity index (χ4n) is 3.48. The van der Waals surface area contributed by atoms with Crippen molar-refractivity contribution in [2.24, 2.45) is 0 Å². The molecule has 3 rings (SSSR count). The highest BCUT2D eigenvalue weighted by Crippen LogP contribution is 2.49. The number of ether oxygens (including phenoxy) is 1. The highest BCUT2D eigenvalue weighted by atomic mass is 32.2. The van der Waals surface area contributed by atoms with Crippen LogP contribution in [0.15, 0.2) is 53.4 Å². The van der Waals surface area contributed by atoms with Gasteiger partial charge < -0.3 is 9.64 Å². The second-order valence-corrected chi connectivity index (χ2v) is 7.98. The van der Waals surface area contributed by atoms with Crippen LogP contribution in [0.2, 0.25) is 0 Å². The van der Waals surface area contributed by atoms with E-state index in [1.165, 1.54) is 16.7 Å². The van der Waals surface area contributed by atoms with E-state index in [4.69, 9.17) is 4.74 Å². The van der Waals surface area contributed by atoms with Gasteiger partial charge in [0.15, 0.2) is 5.78 Å². The predicted octanol–water partition coefficient (Wildman–Crippen LogP) is 4.24. The van der Waals surface area contributed by atoms with E-state index in [1.807, 2.05) is 42.7 Å². The summed E-state index contributed by atoms with van der Waals surface area (Å²) in [5, 5.41) is 0. The van der Waals surface area contributed by atoms with E-state index in [1.54, 1.807) is 26.1 Å². The number of nitrogens with zero attached hydrogens (tertiary/aromatic N) is 1. The number of benzene rings is 2. The van der Waals surface area contributed by atoms with Gasteiger partial charge in [0, 0.05) is 11.9 Å². The van der Waals surface area contributed by atoms with Crippen molar-refractivity contribution in [1.29, 1.82) is 0 Å². The van der Waals surface area contributed by atoms with Crippen LogP contribution in [0.5, 0.6) is 0 Å². The average molecular weight is 412 g/mol. The number of esters is 1. The van der Waals surface area contributed by atoms with Gasteiger partial charge in [0.05, 0.1) is 29.7 Å². The van der Waals surface area contributed by atoms with Crippen LogP contribution in [0.4, 0.5) is 5.69 Å². The molecule has 1 saturated carbocycles. The summed E-state index contributed by atoms with van der Waals surface area (Å²) in [5.41, 5.74) is 1.21. The molecule has 6 heteroatoms. The maximum absolute atomic E-state index is 13.0. The first-order valence-electron chi connectivity index (χ1n) is 9.63. The molecule has 0 aliphatic heterocycles. The summed E-state index contributed by atoms with van der Waals surface area (Å²) >= 11 is 1.50. The Morgan fingerprint density at radius 1 is 1.10 bits per heavy atom. The Morgan fingerprint density at radius 2 is 1.79 bits per heavy atom. The smallest absolute Gasteiger partial charge is 0.340 e. The lowest BCUT2D eigenvalue weighted by Gasteiger charge is -2.22. The second-order valence-electron chi connectivity index (χ2n) is 7.10. The second kappa shape index (κ2) is 8.82. The Morgan fingerprint density at radius 3 is 2.38 bits per heavy atom. The van der Waals surface area contributed by atoms with Crippen LogP contribution in [0.1, 0.15) is 42.1 Å². The molecule has 0 spiro atoms. The minimum absolute atomic E-state index is 0.0704. The zero-order valence-electron chi connectivity index (χ0n) is 16.9. The van der Waals surface area contributed by atoms with E-state index >= 15 is 0 Å². The Hall–Kier alpha value is -2.60. The first-order valence-corrected chi connectivity index (χ1v) is 10.9. The normalized spacial score (nSPS) is 14.2. The van der Waals surface area contributed by atoms with Gasteiger partial charge in [-0.2, -0.15) is 0 Å². The summed E-state index contributed by atoms with van der Waals surface area (Å²) in [6, 6.07) is 14.9. The molecular formula is C23H25NO4S. The van der Waals surface area contributed by atoms with Gasteiger partial charge in [-0.25, -0.2) is 4.79 Å². The Labute approximate surface area is 175 Å². The average Bonchev–Trinajstić information content (AvgIpc) is 3.55. The van der Waals surface area contributed by atoms with Crippen LogP contribution in [0.3, 0.4) is 0 Å². The van der Waals surface area contributed by atoms with Gasteiger partial charge in [-0.3, -0.25) is 9.59 Å². The molecule has 1 aliphatic carbocycles. The lowest BCUT2D eigenvalue weighted by molar-refractivity contribution is -0.128. The minimum atomic E-state index is -0.537. The van der Waals surface area contributed by atoms with Crippen LogP contribution in [-0.2, 0) is 19.7 Å². The number of hydrogen-bond acceptors (Lipinski definition) is 5. The fourth-order valence-corrected chi connectivity index (χ4v) is 3.92. The maximum atomic E-state index is 13.0. The lowest BCUT2D eigenvalue weighted by atomic mass is 9.89. The van der Waals surface area contributed by atoms with Crippen LogP contribution in [0, 0.1) is 0 Å². The molecule has 0 heterocycles. The standard InChI is InChI=1S/C23H25NO4S/c1-4-28-22(27)18-14-17(29-3)10-11-19(18)24(2)21(26)15-20(25)23(12-13-23)16-8-6-5-7-9-16/h5-11,14H,4,12-13,15H2,1-3H3. The predicted molar refractivity (Wildman–Crippen MR) is 115 cm³/mol. The topological polar surface area (TPSA) is 63.7 Å². The van der Waals surface area contributed by atoms with Crippen molar-refractivity contribution < 1.29 is 19.1 Å². The quantitative estimate of drug-likeness (QED) is 0.369. The lowest BCUT2D eigenvalue weighted by Crippen LogP contribution is -2.33. The van der Waals surface area contributed by atoms with Gasteiger partial charge in [0.25, 0.3) is 0 Å². The van der Waals surface area contributed by atoms with Crippen molar-refractivity contribution in [2.45, 2.75) is 36.5 Å². The van der Waals surface area contributed by atoms with Gasteiger partial charge in [-0.15, -0.1) is 11.8 Å². The maximum Gasteiger partial charge on any atom is 0.340 e. The molecule has 5 nitrogen and oxygen atoms in total. The third kappa shape index (κ3) is 4.37. The molecule has 0 N–H and O–H groups in total. The Balaban J connectivity index is 1.80. The largest absolute Gasteiger partial charge is 0.462 e. The van der Waals surface area contributed by atoms with Crippen molar-refractivity contribution in [3.63, 3.8) is 0 Å². The highest BCUT2D eigenvalue weighted by molar-refractivity contribution is 7.98. The number of ketones is 1. The first kappa shape index (κ1) is 21.1. The molecule has 0 saturated heterocycles.